The molecular weight excluding hydrogens is 332 g/mol. The lowest BCUT2D eigenvalue weighted by Gasteiger charge is -2.05. The standard InChI is InChI=1S/C17H16N8O/c1-11-5-12(2)7-14(6-11)13-3-4-15-19-17(21-25(15)8-13)20-16(26)9-24-10-18-22-23-24/h3-8,10H,9H2,1-2H3,(H,20,21,26). The van der Waals surface area contributed by atoms with E-state index in [0.29, 0.717) is 5.65 Å². The number of tetrazole rings is 1. The molecular formula is C17H16N8O. The van der Waals surface area contributed by atoms with E-state index in [4.69, 9.17) is 0 Å². The molecule has 0 bridgehead atoms. The number of aromatic nitrogens is 7. The molecule has 0 radical (unpaired) electrons. The Morgan fingerprint density at radius 3 is 2.65 bits per heavy atom. The van der Waals surface area contributed by atoms with Gasteiger partial charge in [-0.05, 0) is 42.0 Å². The van der Waals surface area contributed by atoms with Gasteiger partial charge in [0.05, 0.1) is 0 Å². The van der Waals surface area contributed by atoms with Gasteiger partial charge in [-0.15, -0.1) is 10.2 Å². The van der Waals surface area contributed by atoms with Crippen LogP contribution in [0.25, 0.3) is 16.8 Å². The highest BCUT2D eigenvalue weighted by Crippen LogP contribution is 2.22. The minimum Gasteiger partial charge on any atom is -0.292 e. The van der Waals surface area contributed by atoms with Gasteiger partial charge < -0.3 is 0 Å². The number of benzene rings is 1. The maximum atomic E-state index is 12.0. The Morgan fingerprint density at radius 1 is 1.12 bits per heavy atom. The average Bonchev–Trinajstić information content (AvgIpc) is 3.21. The number of nitrogens with one attached hydrogen (secondary N) is 1. The van der Waals surface area contributed by atoms with Crippen molar-refractivity contribution < 1.29 is 4.79 Å². The molecule has 0 aliphatic carbocycles. The maximum Gasteiger partial charge on any atom is 0.249 e. The number of carbonyl (C=O) groups excluding carboxylic acids is 1. The van der Waals surface area contributed by atoms with Crippen molar-refractivity contribution in [3.05, 3.63) is 54.0 Å². The number of pyridine rings is 1. The average molecular weight is 348 g/mol. The summed E-state index contributed by atoms with van der Waals surface area (Å²) in [5.74, 6) is -0.0663. The predicted molar refractivity (Wildman–Crippen MR) is 94.3 cm³/mol. The second-order valence-electron chi connectivity index (χ2n) is 6.09. The molecule has 1 amide bonds. The number of hydrogen-bond donors (Lipinski definition) is 1. The van der Waals surface area contributed by atoms with Gasteiger partial charge in [0, 0.05) is 11.8 Å². The summed E-state index contributed by atoms with van der Waals surface area (Å²) in [6.07, 6.45) is 3.26. The van der Waals surface area contributed by atoms with E-state index in [1.165, 1.54) is 22.1 Å². The molecule has 130 valence electrons. The van der Waals surface area contributed by atoms with Crippen LogP contribution < -0.4 is 5.32 Å². The van der Waals surface area contributed by atoms with E-state index in [1.807, 2.05) is 18.3 Å². The third-order valence-corrected chi connectivity index (χ3v) is 3.83. The van der Waals surface area contributed by atoms with E-state index in [2.05, 4.69) is 63.0 Å². The van der Waals surface area contributed by atoms with Crippen LogP contribution in [0.3, 0.4) is 0 Å². The number of carbonyl (C=O) groups is 1. The Kier molecular flexibility index (Phi) is 3.88. The quantitative estimate of drug-likeness (QED) is 0.601. The molecule has 3 aromatic heterocycles. The summed E-state index contributed by atoms with van der Waals surface area (Å²) >= 11 is 0. The van der Waals surface area contributed by atoms with Crippen molar-refractivity contribution in [2.75, 3.05) is 5.32 Å². The normalized spacial score (nSPS) is 11.0. The molecule has 0 saturated heterocycles. The minimum absolute atomic E-state index is 0.00360. The molecule has 9 nitrogen and oxygen atoms in total. The summed E-state index contributed by atoms with van der Waals surface area (Å²) in [5, 5.41) is 17.6. The summed E-state index contributed by atoms with van der Waals surface area (Å²) in [5.41, 5.74) is 5.20. The fourth-order valence-corrected chi connectivity index (χ4v) is 2.81. The molecule has 0 atom stereocenters. The molecule has 4 aromatic rings. The Morgan fingerprint density at radius 2 is 1.92 bits per heavy atom. The van der Waals surface area contributed by atoms with Crippen molar-refractivity contribution in [2.45, 2.75) is 20.4 Å². The monoisotopic (exact) mass is 348 g/mol. The second-order valence-corrected chi connectivity index (χ2v) is 6.09. The number of nitrogens with zero attached hydrogens (tertiary/aromatic N) is 7. The highest BCUT2D eigenvalue weighted by Gasteiger charge is 2.10. The minimum atomic E-state index is -0.303. The number of fused-ring (bicyclic) bond motifs is 1. The van der Waals surface area contributed by atoms with Crippen LogP contribution in [0.4, 0.5) is 5.95 Å². The fourth-order valence-electron chi connectivity index (χ4n) is 2.81. The lowest BCUT2D eigenvalue weighted by molar-refractivity contribution is -0.117. The van der Waals surface area contributed by atoms with Crippen molar-refractivity contribution in [1.29, 1.82) is 0 Å². The topological polar surface area (TPSA) is 103 Å². The third-order valence-electron chi connectivity index (χ3n) is 3.83. The maximum absolute atomic E-state index is 12.0. The fraction of sp³-hybridized carbons (Fsp3) is 0.176. The Hall–Kier alpha value is -3.62. The van der Waals surface area contributed by atoms with Gasteiger partial charge >= 0.3 is 0 Å². The number of anilines is 1. The van der Waals surface area contributed by atoms with Crippen molar-refractivity contribution in [2.24, 2.45) is 0 Å². The number of rotatable bonds is 4. The first-order chi connectivity index (χ1) is 12.6. The summed E-state index contributed by atoms with van der Waals surface area (Å²) < 4.78 is 2.98. The number of hydrogen-bond acceptors (Lipinski definition) is 6. The van der Waals surface area contributed by atoms with Crippen LogP contribution in [0.15, 0.2) is 42.9 Å². The number of amides is 1. The van der Waals surface area contributed by atoms with Gasteiger partial charge in [-0.1, -0.05) is 29.3 Å². The molecule has 0 aliphatic heterocycles. The van der Waals surface area contributed by atoms with Gasteiger partial charge in [0.1, 0.15) is 12.9 Å². The van der Waals surface area contributed by atoms with E-state index in [-0.39, 0.29) is 18.4 Å². The first kappa shape index (κ1) is 15.9. The zero-order valence-electron chi connectivity index (χ0n) is 14.3. The number of aryl methyl sites for hydroxylation is 2. The van der Waals surface area contributed by atoms with Crippen molar-refractivity contribution >= 4 is 17.5 Å². The van der Waals surface area contributed by atoms with E-state index in [9.17, 15) is 4.79 Å². The van der Waals surface area contributed by atoms with Crippen LogP contribution in [0.2, 0.25) is 0 Å². The van der Waals surface area contributed by atoms with Gasteiger partial charge in [-0.3, -0.25) is 10.1 Å². The van der Waals surface area contributed by atoms with Crippen LogP contribution in [-0.4, -0.2) is 40.7 Å². The van der Waals surface area contributed by atoms with E-state index in [1.54, 1.807) is 4.52 Å². The molecule has 0 saturated carbocycles. The summed E-state index contributed by atoms with van der Waals surface area (Å²) in [7, 11) is 0. The Labute approximate surface area is 148 Å². The van der Waals surface area contributed by atoms with Crippen molar-refractivity contribution in [3.8, 4) is 11.1 Å². The van der Waals surface area contributed by atoms with Crippen LogP contribution in [0.1, 0.15) is 11.1 Å². The van der Waals surface area contributed by atoms with E-state index >= 15 is 0 Å². The smallest absolute Gasteiger partial charge is 0.249 e. The molecule has 3 heterocycles. The van der Waals surface area contributed by atoms with Gasteiger partial charge in [0.15, 0.2) is 5.65 Å². The molecule has 1 aromatic carbocycles. The first-order valence-corrected chi connectivity index (χ1v) is 8.02. The molecule has 0 unspecified atom stereocenters. The summed E-state index contributed by atoms with van der Waals surface area (Å²) in [6.45, 7) is 4.14. The molecule has 4 rings (SSSR count). The van der Waals surface area contributed by atoms with E-state index in [0.717, 1.165) is 11.1 Å². The molecule has 0 aliphatic rings. The zero-order valence-corrected chi connectivity index (χ0v) is 14.3. The lowest BCUT2D eigenvalue weighted by atomic mass is 10.0. The SMILES string of the molecule is Cc1cc(C)cc(-c2ccc3nc(NC(=O)Cn4cnnn4)nn3c2)c1. The van der Waals surface area contributed by atoms with Crippen molar-refractivity contribution in [3.63, 3.8) is 0 Å². The summed E-state index contributed by atoms with van der Waals surface area (Å²) in [6, 6.07) is 10.2. The molecule has 1 N–H and O–H groups in total. The van der Waals surface area contributed by atoms with Crippen LogP contribution in [0, 0.1) is 13.8 Å². The van der Waals surface area contributed by atoms with Crippen LogP contribution in [-0.2, 0) is 11.3 Å². The Balaban J connectivity index is 1.58. The zero-order chi connectivity index (χ0) is 18.1. The highest BCUT2D eigenvalue weighted by atomic mass is 16.2. The summed E-state index contributed by atoms with van der Waals surface area (Å²) in [4.78, 5) is 16.3. The molecule has 26 heavy (non-hydrogen) atoms. The van der Waals surface area contributed by atoms with Gasteiger partial charge in [-0.25, -0.2) is 9.20 Å². The van der Waals surface area contributed by atoms with Crippen LogP contribution >= 0.6 is 0 Å². The third kappa shape index (κ3) is 3.27. The largest absolute Gasteiger partial charge is 0.292 e. The van der Waals surface area contributed by atoms with Gasteiger partial charge in [0.25, 0.3) is 0 Å². The highest BCUT2D eigenvalue weighted by molar-refractivity contribution is 5.88. The van der Waals surface area contributed by atoms with Crippen molar-refractivity contribution in [1.82, 2.24) is 34.8 Å². The molecule has 0 spiro atoms. The first-order valence-electron chi connectivity index (χ1n) is 8.02. The molecule has 9 heteroatoms. The second kappa shape index (κ2) is 6.36. The van der Waals surface area contributed by atoms with Crippen LogP contribution in [0.5, 0.6) is 0 Å². The predicted octanol–water partition coefficient (Wildman–Crippen LogP) is 1.64. The van der Waals surface area contributed by atoms with E-state index < -0.39 is 0 Å². The Bertz CT molecular complexity index is 1060. The molecule has 0 fully saturated rings. The lowest BCUT2D eigenvalue weighted by Crippen LogP contribution is -2.19. The van der Waals surface area contributed by atoms with Gasteiger partial charge in [-0.2, -0.15) is 4.98 Å². The van der Waals surface area contributed by atoms with Gasteiger partial charge in [0.2, 0.25) is 11.9 Å².